The number of carbonyl (C=O) groups excluding carboxylic acids is 1. The molecule has 0 bridgehead atoms. The number of hydrogen-bond acceptors (Lipinski definition) is 4. The first-order chi connectivity index (χ1) is 13.3. The Bertz CT molecular complexity index is 978. The van der Waals surface area contributed by atoms with E-state index >= 15 is 0 Å². The number of amides is 1. The van der Waals surface area contributed by atoms with Crippen LogP contribution in [-0.4, -0.2) is 20.7 Å². The number of alkyl halides is 3. The number of carbonyl (C=O) groups is 1. The predicted molar refractivity (Wildman–Crippen MR) is 102 cm³/mol. The van der Waals surface area contributed by atoms with Crippen molar-refractivity contribution >= 4 is 22.4 Å². The van der Waals surface area contributed by atoms with Gasteiger partial charge in [0.1, 0.15) is 0 Å². The molecule has 2 heterocycles. The van der Waals surface area contributed by atoms with E-state index in [-0.39, 0.29) is 5.91 Å². The first-order valence-electron chi connectivity index (χ1n) is 8.72. The summed E-state index contributed by atoms with van der Waals surface area (Å²) in [6, 6.07) is 5.20. The normalized spacial score (nSPS) is 11.6. The number of thiazole rings is 1. The molecular formula is C19H19F3N4OS. The average molecular weight is 408 g/mol. The maximum atomic E-state index is 12.8. The van der Waals surface area contributed by atoms with Crippen LogP contribution < -0.4 is 5.32 Å². The van der Waals surface area contributed by atoms with E-state index < -0.39 is 11.7 Å². The number of aromatic nitrogens is 3. The molecule has 5 nitrogen and oxygen atoms in total. The van der Waals surface area contributed by atoms with Crippen molar-refractivity contribution in [3.8, 4) is 0 Å². The van der Waals surface area contributed by atoms with Gasteiger partial charge in [-0.3, -0.25) is 14.8 Å². The molecule has 2 aromatic heterocycles. The van der Waals surface area contributed by atoms with Gasteiger partial charge in [0.25, 0.3) is 5.91 Å². The van der Waals surface area contributed by atoms with E-state index in [4.69, 9.17) is 0 Å². The standard InChI is InChI=1S/C19H19F3N4OS/c1-3-7-26-12(2)16(11-24-26)17(27)25-18-23-10-15(28-18)9-13-5-4-6-14(8-13)19(20,21)22/h4-6,8,10-11H,3,7,9H2,1-2H3,(H,23,25,27). The van der Waals surface area contributed by atoms with Crippen LogP contribution in [0, 0.1) is 6.92 Å². The first-order valence-corrected chi connectivity index (χ1v) is 9.54. The molecule has 0 saturated carbocycles. The van der Waals surface area contributed by atoms with Gasteiger partial charge in [0.2, 0.25) is 0 Å². The summed E-state index contributed by atoms with van der Waals surface area (Å²) >= 11 is 1.24. The third kappa shape index (κ3) is 4.59. The Morgan fingerprint density at radius 2 is 2.07 bits per heavy atom. The molecule has 0 aliphatic rings. The third-order valence-electron chi connectivity index (χ3n) is 4.19. The Labute approximate surface area is 164 Å². The van der Waals surface area contributed by atoms with Crippen LogP contribution in [-0.2, 0) is 19.1 Å². The summed E-state index contributed by atoms with van der Waals surface area (Å²) in [5, 5.41) is 7.33. The van der Waals surface area contributed by atoms with E-state index in [1.807, 2.05) is 13.8 Å². The molecule has 0 saturated heterocycles. The SMILES string of the molecule is CCCn1ncc(C(=O)Nc2ncc(Cc3cccc(C(F)(F)F)c3)s2)c1C. The van der Waals surface area contributed by atoms with Crippen LogP contribution in [0.5, 0.6) is 0 Å². The lowest BCUT2D eigenvalue weighted by Crippen LogP contribution is -2.13. The van der Waals surface area contributed by atoms with Crippen molar-refractivity contribution in [3.05, 3.63) is 63.9 Å². The fourth-order valence-electron chi connectivity index (χ4n) is 2.78. The molecule has 0 spiro atoms. The Hall–Kier alpha value is -2.68. The van der Waals surface area contributed by atoms with Crippen LogP contribution in [0.4, 0.5) is 18.3 Å². The van der Waals surface area contributed by atoms with Crippen LogP contribution in [0.15, 0.2) is 36.7 Å². The van der Waals surface area contributed by atoms with Crippen LogP contribution in [0.1, 0.15) is 45.4 Å². The quantitative estimate of drug-likeness (QED) is 0.630. The van der Waals surface area contributed by atoms with Crippen molar-refractivity contribution in [1.82, 2.24) is 14.8 Å². The second-order valence-electron chi connectivity index (χ2n) is 6.33. The third-order valence-corrected chi connectivity index (χ3v) is 5.10. The summed E-state index contributed by atoms with van der Waals surface area (Å²) < 4.78 is 40.3. The highest BCUT2D eigenvalue weighted by Crippen LogP contribution is 2.30. The number of halogens is 3. The summed E-state index contributed by atoms with van der Waals surface area (Å²) in [4.78, 5) is 17.4. The first kappa shape index (κ1) is 20.1. The highest BCUT2D eigenvalue weighted by atomic mass is 32.1. The van der Waals surface area contributed by atoms with Gasteiger partial charge >= 0.3 is 6.18 Å². The zero-order chi connectivity index (χ0) is 20.3. The topological polar surface area (TPSA) is 59.8 Å². The minimum atomic E-state index is -4.37. The lowest BCUT2D eigenvalue weighted by atomic mass is 10.1. The highest BCUT2D eigenvalue weighted by Gasteiger charge is 2.30. The number of anilines is 1. The molecule has 1 amide bonds. The van der Waals surface area contributed by atoms with Gasteiger partial charge < -0.3 is 0 Å². The van der Waals surface area contributed by atoms with Gasteiger partial charge in [0.05, 0.1) is 17.3 Å². The largest absolute Gasteiger partial charge is 0.416 e. The summed E-state index contributed by atoms with van der Waals surface area (Å²) in [6.45, 7) is 4.60. The van der Waals surface area contributed by atoms with Crippen molar-refractivity contribution < 1.29 is 18.0 Å². The number of aryl methyl sites for hydroxylation is 1. The second kappa shape index (κ2) is 8.14. The average Bonchev–Trinajstić information content (AvgIpc) is 3.22. The van der Waals surface area contributed by atoms with Crippen LogP contribution in [0.3, 0.4) is 0 Å². The summed E-state index contributed by atoms with van der Waals surface area (Å²) in [6.07, 6.45) is -0.0613. The van der Waals surface area contributed by atoms with Gasteiger partial charge in [-0.2, -0.15) is 18.3 Å². The molecule has 0 radical (unpaired) electrons. The second-order valence-corrected chi connectivity index (χ2v) is 7.44. The van der Waals surface area contributed by atoms with Crippen molar-refractivity contribution in [3.63, 3.8) is 0 Å². The molecule has 0 unspecified atom stereocenters. The van der Waals surface area contributed by atoms with E-state index in [9.17, 15) is 18.0 Å². The molecule has 3 rings (SSSR count). The fourth-order valence-corrected chi connectivity index (χ4v) is 3.62. The Morgan fingerprint density at radius 3 is 2.79 bits per heavy atom. The Kier molecular flexibility index (Phi) is 5.83. The lowest BCUT2D eigenvalue weighted by Gasteiger charge is -2.07. The molecule has 3 aromatic rings. The molecule has 0 aliphatic carbocycles. The molecule has 0 fully saturated rings. The molecule has 1 aromatic carbocycles. The molecular weight excluding hydrogens is 389 g/mol. The number of nitrogens with one attached hydrogen (secondary N) is 1. The molecule has 1 N–H and O–H groups in total. The minimum Gasteiger partial charge on any atom is -0.298 e. The zero-order valence-corrected chi connectivity index (χ0v) is 16.2. The van der Waals surface area contributed by atoms with Gasteiger partial charge in [-0.1, -0.05) is 25.1 Å². The van der Waals surface area contributed by atoms with Crippen LogP contribution in [0.25, 0.3) is 0 Å². The van der Waals surface area contributed by atoms with Crippen molar-refractivity contribution in [2.75, 3.05) is 5.32 Å². The minimum absolute atomic E-state index is 0.306. The van der Waals surface area contributed by atoms with Gasteiger partial charge in [-0.25, -0.2) is 4.98 Å². The van der Waals surface area contributed by atoms with E-state index in [2.05, 4.69) is 15.4 Å². The molecule has 9 heteroatoms. The van der Waals surface area contributed by atoms with Crippen LogP contribution in [0.2, 0.25) is 0 Å². The predicted octanol–water partition coefficient (Wildman–Crippen LogP) is 4.92. The number of hydrogen-bond donors (Lipinski definition) is 1. The molecule has 0 aliphatic heterocycles. The van der Waals surface area contributed by atoms with E-state index in [0.29, 0.717) is 22.7 Å². The van der Waals surface area contributed by atoms with Gasteiger partial charge in [0, 0.05) is 29.7 Å². The van der Waals surface area contributed by atoms with Crippen molar-refractivity contribution in [1.29, 1.82) is 0 Å². The lowest BCUT2D eigenvalue weighted by molar-refractivity contribution is -0.137. The maximum Gasteiger partial charge on any atom is 0.416 e. The van der Waals surface area contributed by atoms with E-state index in [0.717, 1.165) is 35.7 Å². The fraction of sp³-hybridized carbons (Fsp3) is 0.316. The van der Waals surface area contributed by atoms with Crippen LogP contribution >= 0.6 is 11.3 Å². The molecule has 28 heavy (non-hydrogen) atoms. The Morgan fingerprint density at radius 1 is 1.29 bits per heavy atom. The summed E-state index contributed by atoms with van der Waals surface area (Å²) in [7, 11) is 0. The van der Waals surface area contributed by atoms with Gasteiger partial charge in [-0.05, 0) is 25.0 Å². The maximum absolute atomic E-state index is 12.8. The van der Waals surface area contributed by atoms with Crippen molar-refractivity contribution in [2.24, 2.45) is 0 Å². The number of benzene rings is 1. The van der Waals surface area contributed by atoms with Gasteiger partial charge in [0.15, 0.2) is 5.13 Å². The summed E-state index contributed by atoms with van der Waals surface area (Å²) in [5.41, 5.74) is 1.11. The van der Waals surface area contributed by atoms with Gasteiger partial charge in [-0.15, -0.1) is 11.3 Å². The smallest absolute Gasteiger partial charge is 0.298 e. The molecule has 0 atom stereocenters. The number of nitrogens with zero attached hydrogens (tertiary/aromatic N) is 3. The van der Waals surface area contributed by atoms with E-state index in [1.165, 1.54) is 23.6 Å². The zero-order valence-electron chi connectivity index (χ0n) is 15.4. The number of rotatable bonds is 6. The highest BCUT2D eigenvalue weighted by molar-refractivity contribution is 7.15. The van der Waals surface area contributed by atoms with E-state index in [1.54, 1.807) is 16.9 Å². The molecule has 148 valence electrons. The Balaban J connectivity index is 1.68. The monoisotopic (exact) mass is 408 g/mol. The summed E-state index contributed by atoms with van der Waals surface area (Å²) in [5.74, 6) is -0.306. The van der Waals surface area contributed by atoms with Crippen molar-refractivity contribution in [2.45, 2.75) is 39.4 Å².